The molecule has 3 heteroatoms. The van der Waals surface area contributed by atoms with Crippen LogP contribution in [0, 0.1) is 0 Å². The number of hydrogen-bond acceptors (Lipinski definition) is 2. The monoisotopic (exact) mass is 242 g/mol. The van der Waals surface area contributed by atoms with Gasteiger partial charge in [-0.3, -0.25) is 4.90 Å². The van der Waals surface area contributed by atoms with Gasteiger partial charge in [0.2, 0.25) is 0 Å². The summed E-state index contributed by atoms with van der Waals surface area (Å²) in [7, 11) is 3.89. The number of aromatic amines is 1. The van der Waals surface area contributed by atoms with Crippen molar-refractivity contribution in [2.45, 2.75) is 12.5 Å². The van der Waals surface area contributed by atoms with E-state index in [1.54, 1.807) is 7.11 Å². The number of fused-ring (bicyclic) bond motifs is 1. The zero-order valence-electron chi connectivity index (χ0n) is 10.8. The van der Waals surface area contributed by atoms with E-state index < -0.39 is 0 Å². The van der Waals surface area contributed by atoms with Gasteiger partial charge in [-0.25, -0.2) is 0 Å². The van der Waals surface area contributed by atoms with E-state index in [0.29, 0.717) is 6.04 Å². The van der Waals surface area contributed by atoms with Crippen molar-refractivity contribution in [2.24, 2.45) is 0 Å². The molecule has 1 aromatic heterocycles. The van der Waals surface area contributed by atoms with E-state index in [1.807, 2.05) is 6.07 Å². The summed E-state index contributed by atoms with van der Waals surface area (Å²) in [6, 6.07) is 6.65. The van der Waals surface area contributed by atoms with Crippen molar-refractivity contribution < 1.29 is 4.74 Å². The van der Waals surface area contributed by atoms with Gasteiger partial charge in [0.25, 0.3) is 0 Å². The van der Waals surface area contributed by atoms with E-state index in [-0.39, 0.29) is 0 Å². The number of nitrogens with zero attached hydrogens (tertiary/aromatic N) is 1. The lowest BCUT2D eigenvalue weighted by atomic mass is 9.99. The number of nitrogens with one attached hydrogen (secondary N) is 1. The van der Waals surface area contributed by atoms with Crippen LogP contribution in [0.4, 0.5) is 0 Å². The molecule has 2 heterocycles. The van der Waals surface area contributed by atoms with Crippen LogP contribution < -0.4 is 4.74 Å². The van der Waals surface area contributed by atoms with Crippen molar-refractivity contribution in [1.82, 2.24) is 9.88 Å². The third kappa shape index (κ3) is 1.81. The first-order chi connectivity index (χ1) is 8.79. The van der Waals surface area contributed by atoms with E-state index in [9.17, 15) is 0 Å². The Morgan fingerprint density at radius 2 is 2.22 bits per heavy atom. The second kappa shape index (κ2) is 4.50. The highest BCUT2D eigenvalue weighted by molar-refractivity contribution is 5.85. The van der Waals surface area contributed by atoms with Crippen molar-refractivity contribution in [1.29, 1.82) is 0 Å². The van der Waals surface area contributed by atoms with Gasteiger partial charge in [-0.15, -0.1) is 0 Å². The fraction of sp³-hybridized carbons (Fsp3) is 0.333. The summed E-state index contributed by atoms with van der Waals surface area (Å²) in [5.74, 6) is 0.914. The highest BCUT2D eigenvalue weighted by Crippen LogP contribution is 2.33. The Balaban J connectivity index is 2.08. The van der Waals surface area contributed by atoms with E-state index in [2.05, 4.69) is 47.4 Å². The van der Waals surface area contributed by atoms with E-state index in [4.69, 9.17) is 4.74 Å². The predicted octanol–water partition coefficient (Wildman–Crippen LogP) is 3.11. The maximum absolute atomic E-state index is 5.32. The fourth-order valence-electron chi connectivity index (χ4n) is 2.66. The van der Waals surface area contributed by atoms with Crippen LogP contribution >= 0.6 is 0 Å². The van der Waals surface area contributed by atoms with Gasteiger partial charge in [-0.05, 0) is 37.2 Å². The third-order valence-electron chi connectivity index (χ3n) is 3.73. The van der Waals surface area contributed by atoms with Crippen LogP contribution in [-0.2, 0) is 0 Å². The topological polar surface area (TPSA) is 28.3 Å². The molecule has 1 N–H and O–H groups in total. The van der Waals surface area contributed by atoms with Crippen molar-refractivity contribution in [2.75, 3.05) is 20.7 Å². The molecular weight excluding hydrogens is 224 g/mol. The number of hydrogen-bond donors (Lipinski definition) is 1. The average molecular weight is 242 g/mol. The molecule has 0 saturated heterocycles. The minimum absolute atomic E-state index is 0.454. The fourth-order valence-corrected chi connectivity index (χ4v) is 2.66. The Kier molecular flexibility index (Phi) is 2.84. The maximum atomic E-state index is 5.32. The van der Waals surface area contributed by atoms with Crippen molar-refractivity contribution in [3.8, 4) is 5.75 Å². The summed E-state index contributed by atoms with van der Waals surface area (Å²) in [6.45, 7) is 1.02. The normalized spacial score (nSPS) is 20.4. The van der Waals surface area contributed by atoms with Gasteiger partial charge in [-0.2, -0.15) is 0 Å². The number of aromatic nitrogens is 1. The largest absolute Gasteiger partial charge is 0.497 e. The molecule has 1 unspecified atom stereocenters. The minimum Gasteiger partial charge on any atom is -0.497 e. The zero-order chi connectivity index (χ0) is 12.5. The van der Waals surface area contributed by atoms with Crippen LogP contribution in [0.3, 0.4) is 0 Å². The predicted molar refractivity (Wildman–Crippen MR) is 74.0 cm³/mol. The van der Waals surface area contributed by atoms with Crippen molar-refractivity contribution >= 4 is 10.9 Å². The van der Waals surface area contributed by atoms with Crippen molar-refractivity contribution in [3.05, 3.63) is 42.1 Å². The van der Waals surface area contributed by atoms with Gasteiger partial charge >= 0.3 is 0 Å². The molecule has 0 radical (unpaired) electrons. The summed E-state index contributed by atoms with van der Waals surface area (Å²) in [4.78, 5) is 5.73. The second-order valence-electron chi connectivity index (χ2n) is 4.82. The Morgan fingerprint density at radius 3 is 3.00 bits per heavy atom. The van der Waals surface area contributed by atoms with E-state index in [1.165, 1.54) is 16.5 Å². The van der Waals surface area contributed by atoms with Crippen LogP contribution in [0.5, 0.6) is 5.75 Å². The van der Waals surface area contributed by atoms with Gasteiger partial charge in [0.1, 0.15) is 5.75 Å². The molecule has 18 heavy (non-hydrogen) atoms. The van der Waals surface area contributed by atoms with Gasteiger partial charge in [0.05, 0.1) is 7.11 Å². The third-order valence-corrected chi connectivity index (χ3v) is 3.73. The van der Waals surface area contributed by atoms with E-state index >= 15 is 0 Å². The zero-order valence-corrected chi connectivity index (χ0v) is 10.8. The van der Waals surface area contributed by atoms with Gasteiger partial charge in [0.15, 0.2) is 0 Å². The molecule has 0 amide bonds. The lowest BCUT2D eigenvalue weighted by molar-refractivity contribution is 0.262. The highest BCUT2D eigenvalue weighted by atomic mass is 16.5. The molecule has 1 aliphatic heterocycles. The number of rotatable bonds is 2. The average Bonchev–Trinajstić information content (AvgIpc) is 2.82. The van der Waals surface area contributed by atoms with Gasteiger partial charge in [-0.1, -0.05) is 12.2 Å². The summed E-state index contributed by atoms with van der Waals surface area (Å²) in [5, 5.41) is 1.27. The maximum Gasteiger partial charge on any atom is 0.119 e. The smallest absolute Gasteiger partial charge is 0.119 e. The van der Waals surface area contributed by atoms with Crippen LogP contribution in [-0.4, -0.2) is 30.6 Å². The standard InChI is InChI=1S/C15H18N2O/c1-17-8-4-3-5-15(17)13-10-16-14-7-6-11(18-2)9-12(13)14/h3-4,6-7,9-10,15-16H,5,8H2,1-2H3. The molecule has 0 fully saturated rings. The van der Waals surface area contributed by atoms with Crippen LogP contribution in [0.2, 0.25) is 0 Å². The number of ether oxygens (including phenoxy) is 1. The lowest BCUT2D eigenvalue weighted by Crippen LogP contribution is -2.26. The number of likely N-dealkylation sites (N-methyl/N-ethyl adjacent to an activating group) is 1. The molecule has 1 aliphatic rings. The van der Waals surface area contributed by atoms with Crippen LogP contribution in [0.1, 0.15) is 18.0 Å². The van der Waals surface area contributed by atoms with E-state index in [0.717, 1.165) is 18.7 Å². The molecule has 0 aliphatic carbocycles. The first-order valence-electron chi connectivity index (χ1n) is 6.30. The number of methoxy groups -OCH3 is 1. The lowest BCUT2D eigenvalue weighted by Gasteiger charge is -2.29. The molecule has 1 aromatic carbocycles. The van der Waals surface area contributed by atoms with Crippen LogP contribution in [0.15, 0.2) is 36.5 Å². The Morgan fingerprint density at radius 1 is 1.33 bits per heavy atom. The Labute approximate surface area is 107 Å². The first-order valence-corrected chi connectivity index (χ1v) is 6.30. The van der Waals surface area contributed by atoms with Crippen molar-refractivity contribution in [3.63, 3.8) is 0 Å². The quantitative estimate of drug-likeness (QED) is 0.820. The summed E-state index contributed by atoms with van der Waals surface area (Å²) >= 11 is 0. The van der Waals surface area contributed by atoms with Crippen LogP contribution in [0.25, 0.3) is 10.9 Å². The minimum atomic E-state index is 0.454. The molecular formula is C15H18N2O. The molecule has 1 atom stereocenters. The first kappa shape index (κ1) is 11.4. The molecule has 0 bridgehead atoms. The molecule has 94 valence electrons. The summed E-state index contributed by atoms with van der Waals surface area (Å²) < 4.78 is 5.32. The Bertz CT molecular complexity index is 585. The summed E-state index contributed by atoms with van der Waals surface area (Å²) in [5.41, 5.74) is 2.53. The van der Waals surface area contributed by atoms with Gasteiger partial charge < -0.3 is 9.72 Å². The summed E-state index contributed by atoms with van der Waals surface area (Å²) in [6.07, 6.45) is 7.70. The van der Waals surface area contributed by atoms with Gasteiger partial charge in [0, 0.05) is 29.7 Å². The number of H-pyrrole nitrogens is 1. The molecule has 0 saturated carbocycles. The Hall–Kier alpha value is -1.74. The SMILES string of the molecule is COc1ccc2[nH]cc(C3CC=CCN3C)c2c1. The molecule has 0 spiro atoms. The molecule has 2 aromatic rings. The number of benzene rings is 1. The highest BCUT2D eigenvalue weighted by Gasteiger charge is 2.20. The second-order valence-corrected chi connectivity index (χ2v) is 4.82. The molecule has 3 rings (SSSR count). The molecule has 3 nitrogen and oxygen atoms in total.